The molecule has 2 aliphatic rings. The third-order valence-corrected chi connectivity index (χ3v) is 6.96. The summed E-state index contributed by atoms with van der Waals surface area (Å²) in [6.45, 7) is 0.521. The predicted octanol–water partition coefficient (Wildman–Crippen LogP) is 5.37. The molecule has 2 N–H and O–H groups in total. The van der Waals surface area contributed by atoms with Crippen molar-refractivity contribution in [2.24, 2.45) is 11.8 Å². The van der Waals surface area contributed by atoms with Gasteiger partial charge in [0.05, 0.1) is 25.7 Å². The highest BCUT2D eigenvalue weighted by Gasteiger charge is 2.37. The van der Waals surface area contributed by atoms with E-state index < -0.39 is 17.4 Å². The quantitative estimate of drug-likeness (QED) is 0.509. The Balaban J connectivity index is 0.00000306. The SMILES string of the molecule is COc1ccc(F)c(C2(O)CCC(COc3cccc([C@@H](CC(=O)O)C4CC4)c3)CC2)c1.S. The van der Waals surface area contributed by atoms with Gasteiger partial charge in [0.15, 0.2) is 0 Å². The number of methoxy groups -OCH3 is 1. The van der Waals surface area contributed by atoms with Gasteiger partial charge in [0.1, 0.15) is 17.3 Å². The van der Waals surface area contributed by atoms with Gasteiger partial charge in [-0.15, -0.1) is 0 Å². The van der Waals surface area contributed by atoms with Crippen LogP contribution < -0.4 is 9.47 Å². The molecular weight excluding hydrogens is 443 g/mol. The Hall–Kier alpha value is -2.25. The van der Waals surface area contributed by atoms with E-state index in [-0.39, 0.29) is 31.8 Å². The molecule has 2 aromatic rings. The lowest BCUT2D eigenvalue weighted by Gasteiger charge is -2.36. The van der Waals surface area contributed by atoms with Gasteiger partial charge < -0.3 is 19.7 Å². The minimum Gasteiger partial charge on any atom is -0.497 e. The second-order valence-electron chi connectivity index (χ2n) is 9.25. The number of rotatable bonds is 9. The number of aliphatic hydroxyl groups is 1. The van der Waals surface area contributed by atoms with Gasteiger partial charge in [0.2, 0.25) is 0 Å². The Labute approximate surface area is 201 Å². The van der Waals surface area contributed by atoms with E-state index in [0.717, 1.165) is 37.0 Å². The van der Waals surface area contributed by atoms with Crippen molar-refractivity contribution < 1.29 is 28.9 Å². The Bertz CT molecular complexity index is 953. The molecule has 5 nitrogen and oxygen atoms in total. The van der Waals surface area contributed by atoms with E-state index >= 15 is 0 Å². The molecule has 4 rings (SSSR count). The molecule has 0 amide bonds. The molecule has 7 heteroatoms. The van der Waals surface area contributed by atoms with Crippen LogP contribution in [0.2, 0.25) is 0 Å². The number of carbonyl (C=O) groups is 1. The first kappa shape index (κ1) is 25.4. The van der Waals surface area contributed by atoms with E-state index in [2.05, 4.69) is 0 Å². The Morgan fingerprint density at radius 1 is 1.12 bits per heavy atom. The van der Waals surface area contributed by atoms with Gasteiger partial charge in [-0.3, -0.25) is 4.79 Å². The summed E-state index contributed by atoms with van der Waals surface area (Å²) in [6.07, 6.45) is 4.72. The third-order valence-electron chi connectivity index (χ3n) is 6.96. The smallest absolute Gasteiger partial charge is 0.303 e. The van der Waals surface area contributed by atoms with Gasteiger partial charge in [-0.25, -0.2) is 4.39 Å². The average Bonchev–Trinajstić information content (AvgIpc) is 3.63. The second-order valence-corrected chi connectivity index (χ2v) is 9.25. The zero-order valence-electron chi connectivity index (χ0n) is 18.9. The summed E-state index contributed by atoms with van der Waals surface area (Å²) in [5.41, 5.74) is 0.135. The lowest BCUT2D eigenvalue weighted by molar-refractivity contribution is -0.137. The molecule has 33 heavy (non-hydrogen) atoms. The molecule has 2 saturated carbocycles. The van der Waals surface area contributed by atoms with Crippen molar-refractivity contribution >= 4 is 19.5 Å². The van der Waals surface area contributed by atoms with Gasteiger partial charge in [-0.1, -0.05) is 12.1 Å². The van der Waals surface area contributed by atoms with Gasteiger partial charge in [0, 0.05) is 5.56 Å². The van der Waals surface area contributed by atoms with E-state index in [1.807, 2.05) is 24.3 Å². The Morgan fingerprint density at radius 3 is 2.48 bits per heavy atom. The van der Waals surface area contributed by atoms with Crippen LogP contribution in [0.4, 0.5) is 4.39 Å². The maximum absolute atomic E-state index is 14.4. The molecule has 2 aromatic carbocycles. The van der Waals surface area contributed by atoms with Crippen LogP contribution in [0.3, 0.4) is 0 Å². The molecule has 0 spiro atoms. The largest absolute Gasteiger partial charge is 0.497 e. The van der Waals surface area contributed by atoms with Crippen LogP contribution >= 0.6 is 13.5 Å². The summed E-state index contributed by atoms with van der Waals surface area (Å²) in [4.78, 5) is 11.3. The number of halogens is 1. The van der Waals surface area contributed by atoms with E-state index in [9.17, 15) is 19.4 Å². The standard InChI is InChI=1S/C26H31FO5.H2S/c1-31-20-7-8-24(27)23(14-20)26(30)11-9-17(10-12-26)16-32-21-4-2-3-19(13-21)22(15-25(28)29)18-5-6-18;/h2-4,7-8,13-14,17-18,22,30H,5-6,9-12,15-16H2,1H3,(H,28,29);1H2/t17?,22-,26?;/m0./s1. The average molecular weight is 477 g/mol. The van der Waals surface area contributed by atoms with Crippen LogP contribution in [0.1, 0.15) is 62.0 Å². The molecule has 1 atom stereocenters. The fourth-order valence-electron chi connectivity index (χ4n) is 4.87. The normalized spacial score (nSPS) is 23.3. The fourth-order valence-corrected chi connectivity index (χ4v) is 4.87. The highest BCUT2D eigenvalue weighted by Crippen LogP contribution is 2.45. The number of aliphatic carboxylic acids is 1. The molecule has 0 bridgehead atoms. The van der Waals surface area contributed by atoms with Crippen LogP contribution in [0.25, 0.3) is 0 Å². The zero-order chi connectivity index (χ0) is 22.7. The van der Waals surface area contributed by atoms with Crippen molar-refractivity contribution in [2.75, 3.05) is 13.7 Å². The van der Waals surface area contributed by atoms with Gasteiger partial charge in [0.25, 0.3) is 0 Å². The Morgan fingerprint density at radius 2 is 1.85 bits per heavy atom. The highest BCUT2D eigenvalue weighted by molar-refractivity contribution is 7.59. The lowest BCUT2D eigenvalue weighted by atomic mass is 9.75. The minimum absolute atomic E-state index is 0. The molecular formula is C26H33FO5S. The molecule has 0 aromatic heterocycles. The van der Waals surface area contributed by atoms with Gasteiger partial charge >= 0.3 is 5.97 Å². The molecule has 180 valence electrons. The number of benzene rings is 2. The van der Waals surface area contributed by atoms with E-state index in [0.29, 0.717) is 36.7 Å². The minimum atomic E-state index is -1.19. The van der Waals surface area contributed by atoms with E-state index in [1.165, 1.54) is 13.2 Å². The summed E-state index contributed by atoms with van der Waals surface area (Å²) in [7, 11) is 1.53. The number of ether oxygens (including phenoxy) is 2. The van der Waals surface area contributed by atoms with Crippen LogP contribution in [0, 0.1) is 17.7 Å². The van der Waals surface area contributed by atoms with Crippen molar-refractivity contribution in [3.63, 3.8) is 0 Å². The number of carboxylic acid groups (broad SMARTS) is 1. The van der Waals surface area contributed by atoms with Crippen LogP contribution in [0.5, 0.6) is 11.5 Å². The summed E-state index contributed by atoms with van der Waals surface area (Å²) in [5, 5.41) is 20.3. The van der Waals surface area contributed by atoms with Crippen molar-refractivity contribution in [2.45, 2.75) is 56.5 Å². The molecule has 0 heterocycles. The van der Waals surface area contributed by atoms with Crippen LogP contribution in [-0.4, -0.2) is 29.9 Å². The monoisotopic (exact) mass is 476 g/mol. The first-order chi connectivity index (χ1) is 15.4. The molecule has 0 aliphatic heterocycles. The van der Waals surface area contributed by atoms with Crippen molar-refractivity contribution in [1.82, 2.24) is 0 Å². The number of hydrogen-bond donors (Lipinski definition) is 2. The number of hydrogen-bond acceptors (Lipinski definition) is 4. The second kappa shape index (κ2) is 10.8. The number of carboxylic acids is 1. The molecule has 2 fully saturated rings. The highest BCUT2D eigenvalue weighted by atomic mass is 32.1. The van der Waals surface area contributed by atoms with E-state index in [4.69, 9.17) is 9.47 Å². The van der Waals surface area contributed by atoms with Crippen LogP contribution in [-0.2, 0) is 10.4 Å². The first-order valence-corrected chi connectivity index (χ1v) is 11.4. The van der Waals surface area contributed by atoms with Crippen molar-refractivity contribution in [1.29, 1.82) is 0 Å². The van der Waals surface area contributed by atoms with Gasteiger partial charge in [-0.05, 0) is 92.2 Å². The van der Waals surface area contributed by atoms with E-state index in [1.54, 1.807) is 12.1 Å². The first-order valence-electron chi connectivity index (χ1n) is 11.4. The van der Waals surface area contributed by atoms with Gasteiger partial charge in [-0.2, -0.15) is 13.5 Å². The fraction of sp³-hybridized carbons (Fsp3) is 0.500. The zero-order valence-corrected chi connectivity index (χ0v) is 19.9. The molecule has 0 saturated heterocycles. The van der Waals surface area contributed by atoms with Crippen LogP contribution in [0.15, 0.2) is 42.5 Å². The maximum Gasteiger partial charge on any atom is 0.303 e. The topological polar surface area (TPSA) is 76.0 Å². The summed E-state index contributed by atoms with van der Waals surface area (Å²) < 4.78 is 25.6. The van der Waals surface area contributed by atoms with Crippen molar-refractivity contribution in [3.8, 4) is 11.5 Å². The van der Waals surface area contributed by atoms with Crippen molar-refractivity contribution in [3.05, 3.63) is 59.4 Å². The summed E-state index contributed by atoms with van der Waals surface area (Å²) in [5.74, 6) is 0.867. The summed E-state index contributed by atoms with van der Waals surface area (Å²) >= 11 is 0. The third kappa shape index (κ3) is 6.21. The molecule has 0 unspecified atom stereocenters. The Kier molecular flexibility index (Phi) is 8.29. The predicted molar refractivity (Wildman–Crippen MR) is 129 cm³/mol. The lowest BCUT2D eigenvalue weighted by Crippen LogP contribution is -2.34. The molecule has 0 radical (unpaired) electrons. The summed E-state index contributed by atoms with van der Waals surface area (Å²) in [6, 6.07) is 12.3. The molecule has 2 aliphatic carbocycles. The maximum atomic E-state index is 14.4.